The minimum atomic E-state index is -0.237. The van der Waals surface area contributed by atoms with Gasteiger partial charge in [0, 0.05) is 6.42 Å². The molecule has 0 spiro atoms. The van der Waals surface area contributed by atoms with Gasteiger partial charge in [-0.05, 0) is 40.5 Å². The average Bonchev–Trinajstić information content (AvgIpc) is 2.80. The van der Waals surface area contributed by atoms with Crippen LogP contribution in [0.25, 0.3) is 21.5 Å². The SMILES string of the molecule is COC(=O)CCCCCCCCCCOC(=O)c1c2ccccc2cc2ccccc12. The van der Waals surface area contributed by atoms with E-state index in [1.165, 1.54) is 20.0 Å². The predicted molar refractivity (Wildman–Crippen MR) is 125 cm³/mol. The van der Waals surface area contributed by atoms with Crippen molar-refractivity contribution in [2.24, 2.45) is 0 Å². The smallest absolute Gasteiger partial charge is 0.339 e. The van der Waals surface area contributed by atoms with E-state index in [2.05, 4.69) is 10.8 Å². The number of hydrogen-bond acceptors (Lipinski definition) is 4. The Morgan fingerprint density at radius 3 is 1.81 bits per heavy atom. The topological polar surface area (TPSA) is 52.6 Å². The highest BCUT2D eigenvalue weighted by Crippen LogP contribution is 2.29. The maximum Gasteiger partial charge on any atom is 0.339 e. The van der Waals surface area contributed by atoms with Gasteiger partial charge in [0.1, 0.15) is 0 Å². The molecule has 3 aromatic rings. The molecule has 164 valence electrons. The molecule has 0 heterocycles. The summed E-state index contributed by atoms with van der Waals surface area (Å²) in [4.78, 5) is 24.0. The van der Waals surface area contributed by atoms with Crippen molar-refractivity contribution in [2.75, 3.05) is 13.7 Å². The number of hydrogen-bond donors (Lipinski definition) is 0. The van der Waals surface area contributed by atoms with Gasteiger partial charge < -0.3 is 9.47 Å². The zero-order valence-electron chi connectivity index (χ0n) is 18.4. The summed E-state index contributed by atoms with van der Waals surface area (Å²) in [5, 5.41) is 4.00. The Labute approximate surface area is 184 Å². The van der Waals surface area contributed by atoms with Crippen LogP contribution in [0.5, 0.6) is 0 Å². The van der Waals surface area contributed by atoms with Crippen LogP contribution in [0.15, 0.2) is 54.6 Å². The molecule has 0 radical (unpaired) electrons. The molecule has 4 nitrogen and oxygen atoms in total. The van der Waals surface area contributed by atoms with Crippen molar-refractivity contribution in [1.29, 1.82) is 0 Å². The summed E-state index contributed by atoms with van der Waals surface area (Å²) in [5.41, 5.74) is 0.667. The van der Waals surface area contributed by atoms with Crippen LogP contribution in [0, 0.1) is 0 Å². The summed E-state index contributed by atoms with van der Waals surface area (Å²) in [6.07, 6.45) is 9.11. The van der Waals surface area contributed by atoms with Crippen LogP contribution in [0.3, 0.4) is 0 Å². The molecule has 0 saturated heterocycles. The monoisotopic (exact) mass is 420 g/mol. The lowest BCUT2D eigenvalue weighted by atomic mass is 9.97. The molecule has 0 saturated carbocycles. The summed E-state index contributed by atoms with van der Waals surface area (Å²) < 4.78 is 10.3. The van der Waals surface area contributed by atoms with E-state index in [1.807, 2.05) is 48.5 Å². The second-order valence-electron chi connectivity index (χ2n) is 7.98. The molecule has 0 fully saturated rings. The predicted octanol–water partition coefficient (Wildman–Crippen LogP) is 6.83. The number of ether oxygens (including phenoxy) is 2. The highest BCUT2D eigenvalue weighted by molar-refractivity contribution is 6.16. The summed E-state index contributed by atoms with van der Waals surface area (Å²) >= 11 is 0. The van der Waals surface area contributed by atoms with Gasteiger partial charge in [-0.3, -0.25) is 4.79 Å². The fourth-order valence-corrected chi connectivity index (χ4v) is 4.00. The van der Waals surface area contributed by atoms with Crippen molar-refractivity contribution in [3.8, 4) is 0 Å². The molecule has 0 aromatic heterocycles. The first kappa shape index (κ1) is 22.8. The molecule has 0 atom stereocenters. The van der Waals surface area contributed by atoms with Gasteiger partial charge in [0.25, 0.3) is 0 Å². The normalized spacial score (nSPS) is 11.0. The van der Waals surface area contributed by atoms with Crippen LogP contribution in [0.2, 0.25) is 0 Å². The molecule has 3 rings (SSSR count). The lowest BCUT2D eigenvalue weighted by Crippen LogP contribution is -2.08. The van der Waals surface area contributed by atoms with Crippen molar-refractivity contribution in [1.82, 2.24) is 0 Å². The van der Waals surface area contributed by atoms with Crippen LogP contribution in [-0.4, -0.2) is 25.7 Å². The first-order valence-electron chi connectivity index (χ1n) is 11.3. The third-order valence-corrected chi connectivity index (χ3v) is 5.71. The minimum absolute atomic E-state index is 0.119. The number of rotatable bonds is 12. The van der Waals surface area contributed by atoms with Gasteiger partial charge in [-0.15, -0.1) is 0 Å². The lowest BCUT2D eigenvalue weighted by molar-refractivity contribution is -0.140. The van der Waals surface area contributed by atoms with Crippen LogP contribution >= 0.6 is 0 Å². The van der Waals surface area contributed by atoms with E-state index in [1.54, 1.807) is 0 Å². The summed E-state index contributed by atoms with van der Waals surface area (Å²) in [5.74, 6) is -0.357. The van der Waals surface area contributed by atoms with E-state index in [-0.39, 0.29) is 11.9 Å². The second-order valence-corrected chi connectivity index (χ2v) is 7.98. The maximum atomic E-state index is 12.9. The Morgan fingerprint density at radius 2 is 1.23 bits per heavy atom. The number of carbonyl (C=O) groups is 2. The Hall–Kier alpha value is -2.88. The van der Waals surface area contributed by atoms with Gasteiger partial charge in [-0.1, -0.05) is 87.1 Å². The van der Waals surface area contributed by atoms with Crippen LogP contribution < -0.4 is 0 Å². The lowest BCUT2D eigenvalue weighted by Gasteiger charge is -2.11. The zero-order valence-corrected chi connectivity index (χ0v) is 18.4. The molecule has 0 N–H and O–H groups in total. The van der Waals surface area contributed by atoms with E-state index in [9.17, 15) is 9.59 Å². The quantitative estimate of drug-likeness (QED) is 0.183. The highest BCUT2D eigenvalue weighted by Gasteiger charge is 2.15. The van der Waals surface area contributed by atoms with Gasteiger partial charge >= 0.3 is 11.9 Å². The first-order chi connectivity index (χ1) is 15.2. The molecule has 3 aromatic carbocycles. The van der Waals surface area contributed by atoms with Gasteiger partial charge in [0.2, 0.25) is 0 Å². The van der Waals surface area contributed by atoms with Crippen molar-refractivity contribution in [2.45, 2.75) is 57.8 Å². The van der Waals surface area contributed by atoms with Crippen LogP contribution in [0.4, 0.5) is 0 Å². The Bertz CT molecular complexity index is 954. The van der Waals surface area contributed by atoms with Crippen molar-refractivity contribution < 1.29 is 19.1 Å². The van der Waals surface area contributed by atoms with E-state index >= 15 is 0 Å². The maximum absolute atomic E-state index is 12.9. The number of methoxy groups -OCH3 is 1. The van der Waals surface area contributed by atoms with Gasteiger partial charge in [-0.2, -0.15) is 0 Å². The molecular formula is C27H32O4. The van der Waals surface area contributed by atoms with E-state index in [0.29, 0.717) is 18.6 Å². The van der Waals surface area contributed by atoms with E-state index < -0.39 is 0 Å². The Kier molecular flexibility index (Phi) is 8.89. The van der Waals surface area contributed by atoms with Crippen molar-refractivity contribution >= 4 is 33.5 Å². The van der Waals surface area contributed by atoms with Crippen molar-refractivity contribution in [3.05, 3.63) is 60.2 Å². The van der Waals surface area contributed by atoms with Gasteiger partial charge in [-0.25, -0.2) is 4.79 Å². The molecule has 0 amide bonds. The summed E-state index contributed by atoms with van der Waals surface area (Å²) in [7, 11) is 1.43. The van der Waals surface area contributed by atoms with E-state index in [0.717, 1.165) is 60.1 Å². The standard InChI is InChI=1S/C27H32O4/c1-30-25(28)18-8-6-4-2-3-5-7-13-19-31-27(29)26-23-16-11-9-14-21(23)20-22-15-10-12-17-24(22)26/h9-12,14-17,20H,2-8,13,18-19H2,1H3. The first-order valence-corrected chi connectivity index (χ1v) is 11.3. The molecule has 0 unspecified atom stereocenters. The Morgan fingerprint density at radius 1 is 0.710 bits per heavy atom. The van der Waals surface area contributed by atoms with Crippen LogP contribution in [0.1, 0.15) is 68.1 Å². The van der Waals surface area contributed by atoms with Gasteiger partial charge in [0.05, 0.1) is 19.3 Å². The number of esters is 2. The molecule has 0 aliphatic rings. The minimum Gasteiger partial charge on any atom is -0.469 e. The fraction of sp³-hybridized carbons (Fsp3) is 0.407. The molecule has 0 bridgehead atoms. The molecule has 4 heteroatoms. The molecule has 31 heavy (non-hydrogen) atoms. The van der Waals surface area contributed by atoms with Crippen LogP contribution in [-0.2, 0) is 14.3 Å². The second kappa shape index (κ2) is 12.1. The molecular weight excluding hydrogens is 388 g/mol. The third-order valence-electron chi connectivity index (χ3n) is 5.71. The zero-order chi connectivity index (χ0) is 21.9. The van der Waals surface area contributed by atoms with Gasteiger partial charge in [0.15, 0.2) is 0 Å². The van der Waals surface area contributed by atoms with E-state index in [4.69, 9.17) is 4.74 Å². The highest BCUT2D eigenvalue weighted by atomic mass is 16.5. The summed E-state index contributed by atoms with van der Waals surface area (Å²) in [6, 6.07) is 18.1. The number of carbonyl (C=O) groups excluding carboxylic acids is 2. The van der Waals surface area contributed by atoms with Crippen molar-refractivity contribution in [3.63, 3.8) is 0 Å². The average molecular weight is 421 g/mol. The molecule has 0 aliphatic heterocycles. The number of unbranched alkanes of at least 4 members (excludes halogenated alkanes) is 7. The fourth-order valence-electron chi connectivity index (χ4n) is 4.00. The molecule has 0 aliphatic carbocycles. The third kappa shape index (κ3) is 6.55. The number of fused-ring (bicyclic) bond motifs is 2. The summed E-state index contributed by atoms with van der Waals surface area (Å²) in [6.45, 7) is 0.454. The Balaban J connectivity index is 1.41. The number of benzene rings is 3. The largest absolute Gasteiger partial charge is 0.469 e.